The smallest absolute Gasteiger partial charge is 0.453 e. The van der Waals surface area contributed by atoms with Crippen molar-refractivity contribution in [2.45, 2.75) is 57.5 Å². The summed E-state index contributed by atoms with van der Waals surface area (Å²) in [7, 11) is 0. The van der Waals surface area contributed by atoms with E-state index in [-0.39, 0.29) is 5.97 Å². The van der Waals surface area contributed by atoms with Gasteiger partial charge in [0.25, 0.3) is 0 Å². The average molecular weight is 492 g/mol. The third-order valence-electron chi connectivity index (χ3n) is 4.48. The molecule has 0 spiro atoms. The molecule has 0 saturated heterocycles. The zero-order valence-corrected chi connectivity index (χ0v) is 19.0. The number of benzene rings is 1. The lowest BCUT2D eigenvalue weighted by molar-refractivity contribution is -0.284. The highest BCUT2D eigenvalue weighted by Crippen LogP contribution is 2.38. The molecule has 0 saturated carbocycles. The van der Waals surface area contributed by atoms with Crippen molar-refractivity contribution in [1.82, 2.24) is 0 Å². The van der Waals surface area contributed by atoms with Crippen molar-refractivity contribution in [3.05, 3.63) is 48.1 Å². The van der Waals surface area contributed by atoms with Gasteiger partial charge in [-0.1, -0.05) is 18.7 Å². The molecule has 0 aromatic heterocycles. The Balaban J connectivity index is 2.20. The SMILES string of the molecule is C=C(C)C(=O)OCCCCCCOc1ccc(C=CC(=O)OCCCC(F)(F)C(F)(F)F)cc1. The maximum Gasteiger partial charge on any atom is 0.453 e. The maximum atomic E-state index is 12.8. The molecule has 0 bridgehead atoms. The van der Waals surface area contributed by atoms with Crippen molar-refractivity contribution in [3.63, 3.8) is 0 Å². The summed E-state index contributed by atoms with van der Waals surface area (Å²) < 4.78 is 76.9. The van der Waals surface area contributed by atoms with Crippen molar-refractivity contribution in [2.24, 2.45) is 0 Å². The third kappa shape index (κ3) is 11.8. The summed E-state index contributed by atoms with van der Waals surface area (Å²) in [4.78, 5) is 22.8. The molecule has 0 radical (unpaired) electrons. The van der Waals surface area contributed by atoms with E-state index >= 15 is 0 Å². The summed E-state index contributed by atoms with van der Waals surface area (Å²) in [5, 5.41) is 0. The van der Waals surface area contributed by atoms with Gasteiger partial charge in [0, 0.05) is 18.1 Å². The molecular weight excluding hydrogens is 463 g/mol. The van der Waals surface area contributed by atoms with Crippen molar-refractivity contribution < 1.29 is 45.8 Å². The van der Waals surface area contributed by atoms with E-state index in [0.717, 1.165) is 31.8 Å². The molecule has 1 rings (SSSR count). The van der Waals surface area contributed by atoms with Gasteiger partial charge in [0.2, 0.25) is 0 Å². The number of hydrogen-bond donors (Lipinski definition) is 0. The normalized spacial score (nSPS) is 11.9. The lowest BCUT2D eigenvalue weighted by Gasteiger charge is -2.18. The zero-order valence-electron chi connectivity index (χ0n) is 19.0. The van der Waals surface area contributed by atoms with Gasteiger partial charge in [-0.2, -0.15) is 22.0 Å². The molecule has 0 aliphatic rings. The largest absolute Gasteiger partial charge is 0.494 e. The molecule has 0 aliphatic carbocycles. The van der Waals surface area contributed by atoms with Gasteiger partial charge in [0.1, 0.15) is 5.75 Å². The van der Waals surface area contributed by atoms with Crippen molar-refractivity contribution in [1.29, 1.82) is 0 Å². The minimum atomic E-state index is -5.62. The Hall–Kier alpha value is -2.91. The van der Waals surface area contributed by atoms with Gasteiger partial charge >= 0.3 is 24.0 Å². The Morgan fingerprint density at radius 3 is 2.06 bits per heavy atom. The minimum Gasteiger partial charge on any atom is -0.494 e. The predicted molar refractivity (Wildman–Crippen MR) is 116 cm³/mol. The highest BCUT2D eigenvalue weighted by molar-refractivity contribution is 5.87. The van der Waals surface area contributed by atoms with Crippen molar-refractivity contribution in [2.75, 3.05) is 19.8 Å². The van der Waals surface area contributed by atoms with Crippen LogP contribution in [0.5, 0.6) is 5.75 Å². The fourth-order valence-corrected chi connectivity index (χ4v) is 2.53. The number of hydrogen-bond acceptors (Lipinski definition) is 5. The fraction of sp³-hybridized carbons (Fsp3) is 0.500. The van der Waals surface area contributed by atoms with Crippen LogP contribution in [0.1, 0.15) is 51.0 Å². The van der Waals surface area contributed by atoms with Gasteiger partial charge in [0.05, 0.1) is 19.8 Å². The van der Waals surface area contributed by atoms with Crippen molar-refractivity contribution >= 4 is 18.0 Å². The standard InChI is InChI=1S/C24H29F5O5/c1-18(2)22(31)34-16-6-4-3-5-15-32-20-11-8-19(9-12-20)10-13-21(30)33-17-7-14-23(25,26)24(27,28)29/h8-13H,1,3-7,14-17H2,2H3. The second kappa shape index (κ2) is 14.4. The molecule has 0 fully saturated rings. The highest BCUT2D eigenvalue weighted by Gasteiger charge is 2.56. The molecule has 0 amide bonds. The first kappa shape index (κ1) is 29.1. The van der Waals surface area contributed by atoms with Crippen LogP contribution in [-0.2, 0) is 19.1 Å². The van der Waals surface area contributed by atoms with E-state index < -0.39 is 37.5 Å². The van der Waals surface area contributed by atoms with Gasteiger partial charge in [0.15, 0.2) is 0 Å². The Bertz CT molecular complexity index is 816. The number of carbonyl (C=O) groups excluding carboxylic acids is 2. The van der Waals surface area contributed by atoms with Gasteiger partial charge in [-0.15, -0.1) is 0 Å². The first-order valence-corrected chi connectivity index (χ1v) is 10.8. The molecule has 0 unspecified atom stereocenters. The summed E-state index contributed by atoms with van der Waals surface area (Å²) in [5.41, 5.74) is 1.03. The van der Waals surface area contributed by atoms with Crippen molar-refractivity contribution in [3.8, 4) is 5.75 Å². The number of alkyl halides is 5. The van der Waals surface area contributed by atoms with E-state index in [1.165, 1.54) is 6.08 Å². The van der Waals surface area contributed by atoms with Crippen LogP contribution in [0.3, 0.4) is 0 Å². The van der Waals surface area contributed by atoms with Gasteiger partial charge < -0.3 is 14.2 Å². The molecule has 0 N–H and O–H groups in total. The number of carbonyl (C=O) groups is 2. The average Bonchev–Trinajstić information content (AvgIpc) is 2.76. The second-order valence-corrected chi connectivity index (χ2v) is 7.55. The van der Waals surface area contributed by atoms with Crippen LogP contribution in [0.25, 0.3) is 6.08 Å². The van der Waals surface area contributed by atoms with E-state index in [9.17, 15) is 31.5 Å². The lowest BCUT2D eigenvalue weighted by Crippen LogP contribution is -2.36. The predicted octanol–water partition coefficient (Wildman–Crippen LogP) is 6.28. The topological polar surface area (TPSA) is 61.8 Å². The number of rotatable bonds is 15. The molecular formula is C24H29F5O5. The summed E-state index contributed by atoms with van der Waals surface area (Å²) in [6, 6.07) is 6.81. The molecule has 1 aromatic rings. The maximum absolute atomic E-state index is 12.8. The monoisotopic (exact) mass is 492 g/mol. The zero-order chi connectivity index (χ0) is 25.6. The molecule has 34 heavy (non-hydrogen) atoms. The second-order valence-electron chi connectivity index (χ2n) is 7.55. The third-order valence-corrected chi connectivity index (χ3v) is 4.48. The van der Waals surface area contributed by atoms with Gasteiger partial charge in [-0.05, 0) is 62.8 Å². The Kier molecular flexibility index (Phi) is 12.3. The summed E-state index contributed by atoms with van der Waals surface area (Å²) in [6.45, 7) is 5.44. The first-order valence-electron chi connectivity index (χ1n) is 10.8. The number of ether oxygens (including phenoxy) is 3. The molecule has 5 nitrogen and oxygen atoms in total. The van der Waals surface area contributed by atoms with E-state index in [2.05, 4.69) is 11.3 Å². The summed E-state index contributed by atoms with van der Waals surface area (Å²) in [6.07, 6.45) is -1.77. The van der Waals surface area contributed by atoms with Crippen LogP contribution >= 0.6 is 0 Å². The molecule has 0 aliphatic heterocycles. The number of halogens is 5. The van der Waals surface area contributed by atoms with Crippen LogP contribution in [-0.4, -0.2) is 43.9 Å². The van der Waals surface area contributed by atoms with Crippen LogP contribution in [0.15, 0.2) is 42.5 Å². The number of unbranched alkanes of at least 4 members (excludes halogenated alkanes) is 3. The van der Waals surface area contributed by atoms with E-state index in [1.807, 2.05) is 0 Å². The van der Waals surface area contributed by atoms with Gasteiger partial charge in [-0.3, -0.25) is 0 Å². The molecule has 190 valence electrons. The number of esters is 2. The first-order chi connectivity index (χ1) is 15.9. The van der Waals surface area contributed by atoms with E-state index in [4.69, 9.17) is 9.47 Å². The Morgan fingerprint density at radius 1 is 0.882 bits per heavy atom. The molecule has 10 heteroatoms. The van der Waals surface area contributed by atoms with E-state index in [1.54, 1.807) is 31.2 Å². The summed E-state index contributed by atoms with van der Waals surface area (Å²) >= 11 is 0. The quantitative estimate of drug-likeness (QED) is 0.125. The highest BCUT2D eigenvalue weighted by atomic mass is 19.4. The summed E-state index contributed by atoms with van der Waals surface area (Å²) in [5.74, 6) is -5.39. The van der Waals surface area contributed by atoms with Crippen LogP contribution in [0.4, 0.5) is 22.0 Å². The van der Waals surface area contributed by atoms with Crippen LogP contribution in [0.2, 0.25) is 0 Å². The van der Waals surface area contributed by atoms with Crippen LogP contribution < -0.4 is 4.74 Å². The molecule has 1 aromatic carbocycles. The Morgan fingerprint density at radius 2 is 1.47 bits per heavy atom. The van der Waals surface area contributed by atoms with Gasteiger partial charge in [-0.25, -0.2) is 9.59 Å². The molecule has 0 heterocycles. The fourth-order valence-electron chi connectivity index (χ4n) is 2.53. The lowest BCUT2D eigenvalue weighted by atomic mass is 10.2. The molecule has 0 atom stereocenters. The minimum absolute atomic E-state index is 0.364. The van der Waals surface area contributed by atoms with E-state index in [0.29, 0.717) is 30.1 Å². The Labute approximate surface area is 195 Å². The van der Waals surface area contributed by atoms with Crippen LogP contribution in [0, 0.1) is 0 Å².